The van der Waals surface area contributed by atoms with Crippen LogP contribution in [-0.4, -0.2) is 60.1 Å². The second-order valence-corrected chi connectivity index (χ2v) is 7.13. The first-order valence-electron chi connectivity index (χ1n) is 9.01. The van der Waals surface area contributed by atoms with Crippen molar-refractivity contribution in [2.24, 2.45) is 11.8 Å². The van der Waals surface area contributed by atoms with Gasteiger partial charge in [0.2, 0.25) is 5.91 Å². The molecule has 5 heteroatoms. The van der Waals surface area contributed by atoms with Crippen LogP contribution in [0.25, 0.3) is 0 Å². The number of aliphatic hydroxyl groups excluding tert-OH is 1. The number of carbonyl (C=O) groups is 1. The molecule has 2 heterocycles. The Morgan fingerprint density at radius 3 is 2.54 bits per heavy atom. The van der Waals surface area contributed by atoms with Crippen LogP contribution in [0.2, 0.25) is 0 Å². The van der Waals surface area contributed by atoms with Crippen LogP contribution >= 0.6 is 0 Å². The lowest BCUT2D eigenvalue weighted by Gasteiger charge is -2.30. The minimum Gasteiger partial charge on any atom is -0.396 e. The van der Waals surface area contributed by atoms with E-state index in [4.69, 9.17) is 0 Å². The molecule has 0 aliphatic carbocycles. The second-order valence-electron chi connectivity index (χ2n) is 7.13. The number of piperidine rings is 1. The predicted octanol–water partition coefficient (Wildman–Crippen LogP) is 1.92. The molecule has 0 saturated carbocycles. The molecular weight excluding hydrogens is 307 g/mol. The number of hydrogen-bond donors (Lipinski definition) is 1. The topological polar surface area (TPSA) is 43.8 Å². The molecule has 2 aliphatic rings. The molecule has 1 aromatic rings. The van der Waals surface area contributed by atoms with Gasteiger partial charge in [0.15, 0.2) is 0 Å². The molecule has 24 heavy (non-hydrogen) atoms. The Hall–Kier alpha value is -1.46. The van der Waals surface area contributed by atoms with Crippen molar-refractivity contribution in [1.29, 1.82) is 0 Å². The third kappa shape index (κ3) is 4.14. The van der Waals surface area contributed by atoms with E-state index in [0.717, 1.165) is 19.6 Å². The number of aliphatic hydroxyl groups is 1. The van der Waals surface area contributed by atoms with Crippen LogP contribution < -0.4 is 0 Å². The Labute approximate surface area is 143 Å². The lowest BCUT2D eigenvalue weighted by atomic mass is 9.95. The van der Waals surface area contributed by atoms with Crippen molar-refractivity contribution < 1.29 is 14.3 Å². The summed E-state index contributed by atoms with van der Waals surface area (Å²) in [6.45, 7) is 4.57. The number of hydrogen-bond acceptors (Lipinski definition) is 3. The van der Waals surface area contributed by atoms with Gasteiger partial charge in [0.05, 0.1) is 6.42 Å². The highest BCUT2D eigenvalue weighted by Crippen LogP contribution is 2.26. The largest absolute Gasteiger partial charge is 0.396 e. The zero-order valence-corrected chi connectivity index (χ0v) is 14.2. The highest BCUT2D eigenvalue weighted by atomic mass is 19.1. The van der Waals surface area contributed by atoms with Crippen molar-refractivity contribution in [2.45, 2.75) is 25.7 Å². The summed E-state index contributed by atoms with van der Waals surface area (Å²) in [7, 11) is 0. The van der Waals surface area contributed by atoms with Gasteiger partial charge in [0.1, 0.15) is 5.82 Å². The van der Waals surface area contributed by atoms with Gasteiger partial charge in [0.25, 0.3) is 0 Å². The molecule has 1 amide bonds. The SMILES string of the molecule is O=C(Cc1ccccc1F)N1C[C@@H](CN2CCCCC2)[C@@H](CO)C1. The van der Waals surface area contributed by atoms with Gasteiger partial charge in [-0.3, -0.25) is 4.79 Å². The summed E-state index contributed by atoms with van der Waals surface area (Å²) in [6, 6.07) is 6.45. The summed E-state index contributed by atoms with van der Waals surface area (Å²) in [4.78, 5) is 16.8. The van der Waals surface area contributed by atoms with Crippen LogP contribution in [0.1, 0.15) is 24.8 Å². The third-order valence-electron chi connectivity index (χ3n) is 5.40. The highest BCUT2D eigenvalue weighted by Gasteiger charge is 2.35. The van der Waals surface area contributed by atoms with Crippen LogP contribution in [-0.2, 0) is 11.2 Å². The van der Waals surface area contributed by atoms with Gasteiger partial charge >= 0.3 is 0 Å². The summed E-state index contributed by atoms with van der Waals surface area (Å²) in [5.74, 6) is 0.0856. The summed E-state index contributed by atoms with van der Waals surface area (Å²) in [5.41, 5.74) is 0.447. The van der Waals surface area contributed by atoms with E-state index in [1.165, 1.54) is 25.3 Å². The monoisotopic (exact) mass is 334 g/mol. The quantitative estimate of drug-likeness (QED) is 0.895. The van der Waals surface area contributed by atoms with Gasteiger partial charge in [-0.05, 0) is 43.5 Å². The molecule has 2 fully saturated rings. The molecule has 2 atom stereocenters. The Kier molecular flexibility index (Phi) is 5.85. The standard InChI is InChI=1S/C19H27FN2O2/c20-18-7-3-2-6-15(18)10-19(24)22-12-16(17(13-22)14-23)11-21-8-4-1-5-9-21/h2-3,6-7,16-17,23H,1,4-5,8-14H2/t16-,17-/m1/s1. The average molecular weight is 334 g/mol. The van der Waals surface area contributed by atoms with Gasteiger partial charge < -0.3 is 14.9 Å². The number of halogens is 1. The van der Waals surface area contributed by atoms with E-state index in [-0.39, 0.29) is 30.7 Å². The van der Waals surface area contributed by atoms with E-state index in [9.17, 15) is 14.3 Å². The Morgan fingerprint density at radius 1 is 1.12 bits per heavy atom. The van der Waals surface area contributed by atoms with Crippen LogP contribution in [0.4, 0.5) is 4.39 Å². The normalized spacial score (nSPS) is 25.2. The molecule has 0 radical (unpaired) electrons. The first-order valence-corrected chi connectivity index (χ1v) is 9.01. The fourth-order valence-electron chi connectivity index (χ4n) is 3.95. The van der Waals surface area contributed by atoms with Crippen LogP contribution in [0.5, 0.6) is 0 Å². The molecular formula is C19H27FN2O2. The van der Waals surface area contributed by atoms with E-state index in [1.807, 2.05) is 4.90 Å². The molecule has 2 aliphatic heterocycles. The van der Waals surface area contributed by atoms with Gasteiger partial charge in [0, 0.05) is 32.2 Å². The average Bonchev–Trinajstić information content (AvgIpc) is 3.01. The predicted molar refractivity (Wildman–Crippen MR) is 91.0 cm³/mol. The minimum atomic E-state index is -0.325. The van der Waals surface area contributed by atoms with Crippen molar-refractivity contribution in [3.05, 3.63) is 35.6 Å². The molecule has 0 unspecified atom stereocenters. The molecule has 0 aromatic heterocycles. The maximum absolute atomic E-state index is 13.7. The smallest absolute Gasteiger partial charge is 0.227 e. The Balaban J connectivity index is 1.58. The van der Waals surface area contributed by atoms with E-state index >= 15 is 0 Å². The molecule has 1 aromatic carbocycles. The zero-order chi connectivity index (χ0) is 16.9. The number of amides is 1. The Morgan fingerprint density at radius 2 is 1.83 bits per heavy atom. The molecule has 0 spiro atoms. The summed E-state index contributed by atoms with van der Waals surface area (Å²) in [6.07, 6.45) is 3.89. The maximum atomic E-state index is 13.7. The lowest BCUT2D eigenvalue weighted by Crippen LogP contribution is -2.37. The zero-order valence-electron chi connectivity index (χ0n) is 14.2. The first-order chi connectivity index (χ1) is 11.7. The third-order valence-corrected chi connectivity index (χ3v) is 5.40. The molecule has 1 N–H and O–H groups in total. The van der Waals surface area contributed by atoms with E-state index in [1.54, 1.807) is 18.2 Å². The minimum absolute atomic E-state index is 0.0419. The van der Waals surface area contributed by atoms with Crippen LogP contribution in [0, 0.1) is 17.7 Å². The van der Waals surface area contributed by atoms with E-state index in [2.05, 4.69) is 4.90 Å². The number of rotatable bonds is 5. The van der Waals surface area contributed by atoms with Crippen molar-refractivity contribution in [3.63, 3.8) is 0 Å². The molecule has 4 nitrogen and oxygen atoms in total. The molecule has 3 rings (SSSR count). The first kappa shape index (κ1) is 17.4. The molecule has 0 bridgehead atoms. The van der Waals surface area contributed by atoms with Gasteiger partial charge in [-0.1, -0.05) is 24.6 Å². The van der Waals surface area contributed by atoms with Crippen molar-refractivity contribution in [3.8, 4) is 0 Å². The fraction of sp³-hybridized carbons (Fsp3) is 0.632. The van der Waals surface area contributed by atoms with Crippen LogP contribution in [0.3, 0.4) is 0 Å². The van der Waals surface area contributed by atoms with E-state index in [0.29, 0.717) is 24.6 Å². The lowest BCUT2D eigenvalue weighted by molar-refractivity contribution is -0.129. The second kappa shape index (κ2) is 8.08. The van der Waals surface area contributed by atoms with Gasteiger partial charge in [-0.2, -0.15) is 0 Å². The van der Waals surface area contributed by atoms with Gasteiger partial charge in [-0.25, -0.2) is 4.39 Å². The maximum Gasteiger partial charge on any atom is 0.227 e. The number of carbonyl (C=O) groups excluding carboxylic acids is 1. The number of benzene rings is 1. The number of nitrogens with zero attached hydrogens (tertiary/aromatic N) is 2. The summed E-state index contributed by atoms with van der Waals surface area (Å²) >= 11 is 0. The molecule has 132 valence electrons. The molecule has 2 saturated heterocycles. The van der Waals surface area contributed by atoms with E-state index < -0.39 is 0 Å². The van der Waals surface area contributed by atoms with Gasteiger partial charge in [-0.15, -0.1) is 0 Å². The van der Waals surface area contributed by atoms with Crippen molar-refractivity contribution in [1.82, 2.24) is 9.80 Å². The Bertz CT molecular complexity index is 560. The van der Waals surface area contributed by atoms with Crippen molar-refractivity contribution in [2.75, 3.05) is 39.3 Å². The highest BCUT2D eigenvalue weighted by molar-refractivity contribution is 5.79. The fourth-order valence-corrected chi connectivity index (χ4v) is 3.95. The number of likely N-dealkylation sites (tertiary alicyclic amines) is 2. The van der Waals surface area contributed by atoms with Crippen molar-refractivity contribution >= 4 is 5.91 Å². The summed E-state index contributed by atoms with van der Waals surface area (Å²) < 4.78 is 13.7. The summed E-state index contributed by atoms with van der Waals surface area (Å²) in [5, 5.41) is 9.68. The van der Waals surface area contributed by atoms with Crippen LogP contribution in [0.15, 0.2) is 24.3 Å².